The van der Waals surface area contributed by atoms with Crippen LogP contribution in [0.15, 0.2) is 30.3 Å². The number of amides is 2. The van der Waals surface area contributed by atoms with E-state index >= 15 is 0 Å². The van der Waals surface area contributed by atoms with Gasteiger partial charge in [0.25, 0.3) is 0 Å². The van der Waals surface area contributed by atoms with E-state index in [1.807, 2.05) is 4.90 Å². The molecule has 1 aromatic carbocycles. The fourth-order valence-electron chi connectivity index (χ4n) is 2.99. The average Bonchev–Trinajstić information content (AvgIpc) is 2.61. The molecular weight excluding hydrogens is 366 g/mol. The number of carbonyl (C=O) groups is 1. The molecule has 1 aromatic heterocycles. The lowest BCUT2D eigenvalue weighted by Crippen LogP contribution is -2.38. The van der Waals surface area contributed by atoms with E-state index in [-0.39, 0.29) is 17.6 Å². The molecule has 0 aliphatic carbocycles. The smallest absolute Gasteiger partial charge is 0.321 e. The number of piperidine rings is 1. The summed E-state index contributed by atoms with van der Waals surface area (Å²) in [6.45, 7) is 1.56. The summed E-state index contributed by atoms with van der Waals surface area (Å²) < 4.78 is 23.0. The zero-order valence-corrected chi connectivity index (χ0v) is 16.0. The van der Waals surface area contributed by atoms with Crippen molar-refractivity contribution in [2.45, 2.75) is 25.0 Å². The summed E-state index contributed by atoms with van der Waals surface area (Å²) in [5.74, 6) is 0.361. The fourth-order valence-corrected chi connectivity index (χ4v) is 3.68. The number of aromatic nitrogens is 2. The van der Waals surface area contributed by atoms with E-state index in [1.54, 1.807) is 24.3 Å². The highest BCUT2D eigenvalue weighted by atomic mass is 32.2. The van der Waals surface area contributed by atoms with E-state index in [9.17, 15) is 13.2 Å². The molecule has 1 fully saturated rings. The van der Waals surface area contributed by atoms with E-state index < -0.39 is 9.84 Å². The Labute approximate surface area is 158 Å². The molecule has 8 nitrogen and oxygen atoms in total. The predicted octanol–water partition coefficient (Wildman–Crippen LogP) is 2.29. The number of nitrogen functional groups attached to an aromatic ring is 1. The van der Waals surface area contributed by atoms with Crippen LogP contribution in [-0.4, -0.2) is 48.7 Å². The Morgan fingerprint density at radius 2 is 1.81 bits per heavy atom. The van der Waals surface area contributed by atoms with Crippen molar-refractivity contribution in [2.24, 2.45) is 0 Å². The maximum absolute atomic E-state index is 12.3. The van der Waals surface area contributed by atoms with Crippen molar-refractivity contribution in [3.05, 3.63) is 36.0 Å². The summed E-state index contributed by atoms with van der Waals surface area (Å²) in [6, 6.07) is 8.42. The van der Waals surface area contributed by atoms with Crippen molar-refractivity contribution in [3.8, 4) is 11.4 Å². The number of hydrogen-bond donors (Lipinski definition) is 2. The topological polar surface area (TPSA) is 118 Å². The second-order valence-electron chi connectivity index (χ2n) is 6.73. The van der Waals surface area contributed by atoms with Crippen LogP contribution in [0.3, 0.4) is 0 Å². The molecule has 0 spiro atoms. The van der Waals surface area contributed by atoms with E-state index in [0.717, 1.165) is 32.2 Å². The molecule has 0 saturated carbocycles. The Bertz CT molecular complexity index is 923. The van der Waals surface area contributed by atoms with Gasteiger partial charge >= 0.3 is 6.03 Å². The number of carbonyl (C=O) groups excluding carboxylic acids is 1. The van der Waals surface area contributed by atoms with Crippen LogP contribution in [0, 0.1) is 0 Å². The molecule has 3 rings (SSSR count). The molecule has 27 heavy (non-hydrogen) atoms. The van der Waals surface area contributed by atoms with Crippen LogP contribution in [0.4, 0.5) is 16.3 Å². The summed E-state index contributed by atoms with van der Waals surface area (Å²) in [5, 5.41) is 2.89. The van der Waals surface area contributed by atoms with Gasteiger partial charge in [0, 0.05) is 36.7 Å². The van der Waals surface area contributed by atoms with Gasteiger partial charge in [-0.05, 0) is 43.5 Å². The fraction of sp³-hybridized carbons (Fsp3) is 0.389. The van der Waals surface area contributed by atoms with Gasteiger partial charge in [0.1, 0.15) is 5.82 Å². The van der Waals surface area contributed by atoms with Crippen LogP contribution in [0.5, 0.6) is 0 Å². The quantitative estimate of drug-likeness (QED) is 0.828. The molecule has 9 heteroatoms. The molecule has 0 radical (unpaired) electrons. The lowest BCUT2D eigenvalue weighted by molar-refractivity contribution is 0.200. The first-order valence-electron chi connectivity index (χ1n) is 8.78. The third-order valence-corrected chi connectivity index (χ3v) is 5.07. The second-order valence-corrected chi connectivity index (χ2v) is 8.87. The van der Waals surface area contributed by atoms with Crippen molar-refractivity contribution in [3.63, 3.8) is 0 Å². The van der Waals surface area contributed by atoms with Gasteiger partial charge in [-0.2, -0.15) is 0 Å². The summed E-state index contributed by atoms with van der Waals surface area (Å²) in [4.78, 5) is 22.5. The largest absolute Gasteiger partial charge is 0.384 e. The highest BCUT2D eigenvalue weighted by molar-refractivity contribution is 7.89. The van der Waals surface area contributed by atoms with Crippen molar-refractivity contribution in [1.82, 2.24) is 14.9 Å². The van der Waals surface area contributed by atoms with Crippen LogP contribution < -0.4 is 11.1 Å². The number of sulfone groups is 1. The van der Waals surface area contributed by atoms with E-state index in [2.05, 4.69) is 15.3 Å². The number of rotatable bonds is 4. The third-order valence-electron chi connectivity index (χ3n) is 4.25. The van der Waals surface area contributed by atoms with Gasteiger partial charge in [-0.15, -0.1) is 0 Å². The zero-order chi connectivity index (χ0) is 19.4. The average molecular weight is 389 g/mol. The predicted molar refractivity (Wildman–Crippen MR) is 105 cm³/mol. The van der Waals surface area contributed by atoms with Gasteiger partial charge in [0.05, 0.1) is 11.4 Å². The first-order chi connectivity index (χ1) is 12.8. The van der Waals surface area contributed by atoms with Crippen LogP contribution in [0.1, 0.15) is 25.0 Å². The minimum atomic E-state index is -3.22. The maximum Gasteiger partial charge on any atom is 0.321 e. The Morgan fingerprint density at radius 3 is 2.44 bits per heavy atom. The van der Waals surface area contributed by atoms with Gasteiger partial charge in [-0.3, -0.25) is 0 Å². The Balaban J connectivity index is 1.74. The molecule has 1 aliphatic rings. The summed E-state index contributed by atoms with van der Waals surface area (Å²) >= 11 is 0. The molecule has 0 bridgehead atoms. The minimum Gasteiger partial charge on any atom is -0.384 e. The Morgan fingerprint density at radius 1 is 1.15 bits per heavy atom. The van der Waals surface area contributed by atoms with E-state index in [0.29, 0.717) is 22.8 Å². The molecule has 3 N–H and O–H groups in total. The monoisotopic (exact) mass is 389 g/mol. The van der Waals surface area contributed by atoms with Gasteiger partial charge in [0.2, 0.25) is 0 Å². The van der Waals surface area contributed by atoms with Crippen LogP contribution >= 0.6 is 0 Å². The van der Waals surface area contributed by atoms with Crippen LogP contribution in [0.25, 0.3) is 11.4 Å². The number of benzene rings is 1. The van der Waals surface area contributed by atoms with Gasteiger partial charge in [-0.25, -0.2) is 23.2 Å². The number of likely N-dealkylation sites (tertiary alicyclic amines) is 1. The van der Waals surface area contributed by atoms with Crippen molar-refractivity contribution in [1.29, 1.82) is 0 Å². The lowest BCUT2D eigenvalue weighted by Gasteiger charge is -2.26. The summed E-state index contributed by atoms with van der Waals surface area (Å²) in [7, 11) is -3.22. The molecular formula is C18H23N5O3S. The van der Waals surface area contributed by atoms with Crippen molar-refractivity contribution in [2.75, 3.05) is 30.4 Å². The molecule has 2 aromatic rings. The molecule has 1 aliphatic heterocycles. The second kappa shape index (κ2) is 7.91. The number of urea groups is 1. The van der Waals surface area contributed by atoms with Crippen LogP contribution in [-0.2, 0) is 15.6 Å². The van der Waals surface area contributed by atoms with Crippen LogP contribution in [0.2, 0.25) is 0 Å². The minimum absolute atomic E-state index is 0.0990. The number of nitrogens with one attached hydrogen (secondary N) is 1. The third kappa shape index (κ3) is 5.40. The first-order valence-corrected chi connectivity index (χ1v) is 10.8. The normalized spacial score (nSPS) is 14.8. The van der Waals surface area contributed by atoms with Crippen molar-refractivity contribution >= 4 is 27.4 Å². The van der Waals surface area contributed by atoms with E-state index in [1.165, 1.54) is 12.5 Å². The number of nitrogens with two attached hydrogens (primary N) is 1. The van der Waals surface area contributed by atoms with Gasteiger partial charge in [0.15, 0.2) is 15.7 Å². The molecule has 2 amide bonds. The number of hydrogen-bond acceptors (Lipinski definition) is 6. The summed E-state index contributed by atoms with van der Waals surface area (Å²) in [6.07, 6.45) is 4.38. The summed E-state index contributed by atoms with van der Waals surface area (Å²) in [5.41, 5.74) is 7.50. The highest BCUT2D eigenvalue weighted by Crippen LogP contribution is 2.21. The SMILES string of the molecule is CS(=O)(=O)Cc1cc(N)nc(-c2ccc(NC(=O)N3CCCCC3)cc2)n1. The first kappa shape index (κ1) is 19.1. The number of nitrogens with zero attached hydrogens (tertiary/aromatic N) is 3. The Kier molecular flexibility index (Phi) is 5.59. The molecule has 144 valence electrons. The molecule has 2 heterocycles. The Hall–Kier alpha value is -2.68. The van der Waals surface area contributed by atoms with Gasteiger partial charge < -0.3 is 16.0 Å². The zero-order valence-electron chi connectivity index (χ0n) is 15.2. The molecule has 0 unspecified atom stereocenters. The standard InChI is InChI=1S/C18H23N5O3S/c1-27(25,26)12-15-11-16(19)22-17(20-15)13-5-7-14(8-6-13)21-18(24)23-9-3-2-4-10-23/h5-8,11H,2-4,9-10,12H2,1H3,(H,21,24)(H2,19,20,22). The van der Waals surface area contributed by atoms with E-state index in [4.69, 9.17) is 5.73 Å². The van der Waals surface area contributed by atoms with Crippen molar-refractivity contribution < 1.29 is 13.2 Å². The van der Waals surface area contributed by atoms with Gasteiger partial charge in [-0.1, -0.05) is 0 Å². The molecule has 1 saturated heterocycles. The maximum atomic E-state index is 12.3. The highest BCUT2D eigenvalue weighted by Gasteiger charge is 2.16. The molecule has 0 atom stereocenters. The lowest BCUT2D eigenvalue weighted by atomic mass is 10.1. The number of anilines is 2.